The summed E-state index contributed by atoms with van der Waals surface area (Å²) in [6.07, 6.45) is 2.00. The Morgan fingerprint density at radius 3 is 2.40 bits per heavy atom. The van der Waals surface area contributed by atoms with Gasteiger partial charge in [0.05, 0.1) is 0 Å². The highest BCUT2D eigenvalue weighted by Crippen LogP contribution is 2.18. The normalized spacial score (nSPS) is 17.4. The molecule has 1 fully saturated rings. The van der Waals surface area contributed by atoms with E-state index >= 15 is 0 Å². The van der Waals surface area contributed by atoms with Crippen molar-refractivity contribution in [2.45, 2.75) is 25.8 Å². The van der Waals surface area contributed by atoms with Crippen molar-refractivity contribution in [1.82, 2.24) is 5.32 Å². The van der Waals surface area contributed by atoms with E-state index in [1.54, 1.807) is 24.3 Å². The fourth-order valence-corrected chi connectivity index (χ4v) is 2.55. The Morgan fingerprint density at radius 1 is 1.30 bits per heavy atom. The first kappa shape index (κ1) is 14.9. The lowest BCUT2D eigenvalue weighted by atomic mass is 9.93. The first-order valence-corrected chi connectivity index (χ1v) is 7.27. The van der Waals surface area contributed by atoms with E-state index in [1.807, 2.05) is 0 Å². The van der Waals surface area contributed by atoms with Gasteiger partial charge in [-0.25, -0.2) is 0 Å². The lowest BCUT2D eigenvalue weighted by Crippen LogP contribution is -2.40. The van der Waals surface area contributed by atoms with Crippen LogP contribution in [0.1, 0.15) is 35.7 Å². The maximum absolute atomic E-state index is 12.2. The lowest BCUT2D eigenvalue weighted by molar-refractivity contribution is 0.0538. The molecule has 1 atom stereocenters. The van der Waals surface area contributed by atoms with Gasteiger partial charge in [-0.1, -0.05) is 24.4 Å². The van der Waals surface area contributed by atoms with Crippen molar-refractivity contribution in [2.75, 3.05) is 13.2 Å². The predicted molar refractivity (Wildman–Crippen MR) is 82.8 cm³/mol. The van der Waals surface area contributed by atoms with E-state index in [9.17, 15) is 4.79 Å². The summed E-state index contributed by atoms with van der Waals surface area (Å²) in [6, 6.07) is 7.20. The number of hydrogen-bond donors (Lipinski definition) is 2. The fourth-order valence-electron chi connectivity index (χ4n) is 2.41. The van der Waals surface area contributed by atoms with Gasteiger partial charge < -0.3 is 15.8 Å². The number of thiocarbonyl (C=S) groups is 1. The number of hydrogen-bond acceptors (Lipinski definition) is 3. The molecule has 108 valence electrons. The second kappa shape index (κ2) is 6.81. The summed E-state index contributed by atoms with van der Waals surface area (Å²) in [6.45, 7) is 3.62. The van der Waals surface area contributed by atoms with E-state index in [1.165, 1.54) is 0 Å². The first-order valence-electron chi connectivity index (χ1n) is 6.86. The molecule has 5 heteroatoms. The molecular formula is C15H20N2O2S. The summed E-state index contributed by atoms with van der Waals surface area (Å²) in [5.74, 6) is 0.432. The Bertz CT molecular complexity index is 481. The Kier molecular flexibility index (Phi) is 5.09. The van der Waals surface area contributed by atoms with Gasteiger partial charge in [0.25, 0.3) is 5.91 Å². The third kappa shape index (κ3) is 3.77. The average molecular weight is 292 g/mol. The monoisotopic (exact) mass is 292 g/mol. The number of rotatable bonds is 4. The highest BCUT2D eigenvalue weighted by molar-refractivity contribution is 7.80. The second-order valence-corrected chi connectivity index (χ2v) is 5.59. The standard InChI is InChI=1S/C15H20N2O2S/c1-10(11-6-8-19-9-7-11)17-15(18)13-4-2-12(3-5-13)14(16)20/h2-5,10-11H,6-9H2,1H3,(H2,16,20)(H,17,18). The van der Waals surface area contributed by atoms with Crippen molar-refractivity contribution in [3.63, 3.8) is 0 Å². The third-order valence-corrected chi connectivity index (χ3v) is 4.00. The molecular weight excluding hydrogens is 272 g/mol. The summed E-state index contributed by atoms with van der Waals surface area (Å²) in [7, 11) is 0. The number of ether oxygens (including phenoxy) is 1. The van der Waals surface area contributed by atoms with Crippen LogP contribution in [0, 0.1) is 5.92 Å². The van der Waals surface area contributed by atoms with Crippen LogP contribution < -0.4 is 11.1 Å². The maximum atomic E-state index is 12.2. The SMILES string of the molecule is CC(NC(=O)c1ccc(C(N)=S)cc1)C1CCOCC1. The lowest BCUT2D eigenvalue weighted by Gasteiger charge is -2.28. The van der Waals surface area contributed by atoms with Gasteiger partial charge in [0.15, 0.2) is 0 Å². The van der Waals surface area contributed by atoms with E-state index in [4.69, 9.17) is 22.7 Å². The van der Waals surface area contributed by atoms with Gasteiger partial charge in [0.1, 0.15) is 4.99 Å². The first-order chi connectivity index (χ1) is 9.58. The van der Waals surface area contributed by atoms with Crippen molar-refractivity contribution in [3.8, 4) is 0 Å². The molecule has 0 aromatic heterocycles. The highest BCUT2D eigenvalue weighted by Gasteiger charge is 2.22. The van der Waals surface area contributed by atoms with E-state index in [0.717, 1.165) is 31.6 Å². The molecule has 0 radical (unpaired) electrons. The number of nitrogens with two attached hydrogens (primary N) is 1. The molecule has 1 aliphatic heterocycles. The quantitative estimate of drug-likeness (QED) is 0.832. The van der Waals surface area contributed by atoms with Gasteiger partial charge in [-0.05, 0) is 37.8 Å². The summed E-state index contributed by atoms with van der Waals surface area (Å²) < 4.78 is 5.34. The largest absolute Gasteiger partial charge is 0.389 e. The summed E-state index contributed by atoms with van der Waals surface area (Å²) in [4.78, 5) is 12.5. The summed E-state index contributed by atoms with van der Waals surface area (Å²) in [5.41, 5.74) is 6.94. The van der Waals surface area contributed by atoms with E-state index in [0.29, 0.717) is 16.5 Å². The number of amides is 1. The molecule has 0 bridgehead atoms. The Morgan fingerprint density at radius 2 is 1.85 bits per heavy atom. The van der Waals surface area contributed by atoms with Gasteiger partial charge >= 0.3 is 0 Å². The summed E-state index contributed by atoms with van der Waals surface area (Å²) >= 11 is 4.89. The minimum Gasteiger partial charge on any atom is -0.389 e. The van der Waals surface area contributed by atoms with Gasteiger partial charge in [-0.3, -0.25) is 4.79 Å². The van der Waals surface area contributed by atoms with Gasteiger partial charge in [-0.15, -0.1) is 0 Å². The van der Waals surface area contributed by atoms with E-state index in [2.05, 4.69) is 12.2 Å². The Balaban J connectivity index is 1.95. The molecule has 1 aliphatic rings. The van der Waals surface area contributed by atoms with Crippen molar-refractivity contribution >= 4 is 23.1 Å². The minimum atomic E-state index is -0.0570. The van der Waals surface area contributed by atoms with Gasteiger partial charge in [-0.2, -0.15) is 0 Å². The molecule has 0 saturated carbocycles. The van der Waals surface area contributed by atoms with Crippen LogP contribution in [0.4, 0.5) is 0 Å². The number of carbonyl (C=O) groups is 1. The molecule has 20 heavy (non-hydrogen) atoms. The van der Waals surface area contributed by atoms with Crippen LogP contribution in [-0.4, -0.2) is 30.2 Å². The molecule has 2 rings (SSSR count). The number of carbonyl (C=O) groups excluding carboxylic acids is 1. The topological polar surface area (TPSA) is 64.4 Å². The van der Waals surface area contributed by atoms with Crippen LogP contribution in [0.15, 0.2) is 24.3 Å². The molecule has 1 saturated heterocycles. The predicted octanol–water partition coefficient (Wildman–Crippen LogP) is 1.87. The number of benzene rings is 1. The highest BCUT2D eigenvalue weighted by atomic mass is 32.1. The van der Waals surface area contributed by atoms with Crippen LogP contribution in [0.3, 0.4) is 0 Å². The van der Waals surface area contributed by atoms with Crippen LogP contribution >= 0.6 is 12.2 Å². The average Bonchev–Trinajstić information content (AvgIpc) is 2.48. The molecule has 4 nitrogen and oxygen atoms in total. The van der Waals surface area contributed by atoms with Gasteiger partial charge in [0.2, 0.25) is 0 Å². The summed E-state index contributed by atoms with van der Waals surface area (Å²) in [5, 5.41) is 3.06. The number of nitrogens with one attached hydrogen (secondary N) is 1. The molecule has 1 unspecified atom stereocenters. The zero-order valence-corrected chi connectivity index (χ0v) is 12.4. The molecule has 1 amide bonds. The van der Waals surface area contributed by atoms with Gasteiger partial charge in [0, 0.05) is 30.4 Å². The van der Waals surface area contributed by atoms with Crippen molar-refractivity contribution in [3.05, 3.63) is 35.4 Å². The fraction of sp³-hybridized carbons (Fsp3) is 0.467. The molecule has 1 heterocycles. The van der Waals surface area contributed by atoms with Crippen LogP contribution in [0.5, 0.6) is 0 Å². The molecule has 0 aliphatic carbocycles. The minimum absolute atomic E-state index is 0.0570. The van der Waals surface area contributed by atoms with Crippen molar-refractivity contribution in [2.24, 2.45) is 11.7 Å². The molecule has 3 N–H and O–H groups in total. The van der Waals surface area contributed by atoms with E-state index < -0.39 is 0 Å². The Labute approximate surface area is 124 Å². The molecule has 0 spiro atoms. The van der Waals surface area contributed by atoms with Crippen LogP contribution in [-0.2, 0) is 4.74 Å². The smallest absolute Gasteiger partial charge is 0.251 e. The molecule has 1 aromatic rings. The van der Waals surface area contributed by atoms with Crippen molar-refractivity contribution in [1.29, 1.82) is 0 Å². The van der Waals surface area contributed by atoms with Crippen LogP contribution in [0.2, 0.25) is 0 Å². The second-order valence-electron chi connectivity index (χ2n) is 5.15. The van der Waals surface area contributed by atoms with Crippen LogP contribution in [0.25, 0.3) is 0 Å². The maximum Gasteiger partial charge on any atom is 0.251 e. The Hall–Kier alpha value is -1.46. The van der Waals surface area contributed by atoms with E-state index in [-0.39, 0.29) is 11.9 Å². The molecule has 1 aromatic carbocycles. The zero-order chi connectivity index (χ0) is 14.5. The van der Waals surface area contributed by atoms with Crippen molar-refractivity contribution < 1.29 is 9.53 Å². The third-order valence-electron chi connectivity index (χ3n) is 3.76. The zero-order valence-electron chi connectivity index (χ0n) is 11.6.